The highest BCUT2D eigenvalue weighted by Crippen LogP contribution is 2.42. The van der Waals surface area contributed by atoms with Gasteiger partial charge in [0, 0.05) is 55.0 Å². The molecule has 2 saturated heterocycles. The number of thioether (sulfide) groups is 1. The fourth-order valence-electron chi connectivity index (χ4n) is 6.00. The molecule has 0 aliphatic carbocycles. The van der Waals surface area contributed by atoms with Gasteiger partial charge in [-0.2, -0.15) is 10.4 Å². The van der Waals surface area contributed by atoms with Gasteiger partial charge >= 0.3 is 12.1 Å². The van der Waals surface area contributed by atoms with Gasteiger partial charge in [-0.1, -0.05) is 24.3 Å². The van der Waals surface area contributed by atoms with Gasteiger partial charge in [0.1, 0.15) is 30.1 Å². The number of hydrogen-bond donors (Lipinski definition) is 1. The van der Waals surface area contributed by atoms with Crippen LogP contribution in [0.5, 0.6) is 0 Å². The lowest BCUT2D eigenvalue weighted by Crippen LogP contribution is -2.47. The van der Waals surface area contributed by atoms with E-state index in [0.29, 0.717) is 37.9 Å². The smallest absolute Gasteiger partial charge is 0.428 e. The molecule has 0 spiro atoms. The summed E-state index contributed by atoms with van der Waals surface area (Å²) in [6.07, 6.45) is 6.46. The van der Waals surface area contributed by atoms with Crippen LogP contribution in [0, 0.1) is 28.8 Å². The van der Waals surface area contributed by atoms with Gasteiger partial charge in [0.2, 0.25) is 12.7 Å². The molecule has 2 aliphatic rings. The van der Waals surface area contributed by atoms with Gasteiger partial charge in [-0.3, -0.25) is 14.5 Å². The number of nitrogens with one attached hydrogen (secondary N) is 1. The average molecular weight is 829 g/mol. The average Bonchev–Trinajstić information content (AvgIpc) is 3.73. The van der Waals surface area contributed by atoms with E-state index in [0.717, 1.165) is 31.3 Å². The molecule has 1 N–H and O–H groups in total. The van der Waals surface area contributed by atoms with E-state index in [2.05, 4.69) is 20.3 Å². The summed E-state index contributed by atoms with van der Waals surface area (Å²) in [4.78, 5) is 43.9. The molecule has 58 heavy (non-hydrogen) atoms. The van der Waals surface area contributed by atoms with Gasteiger partial charge in [-0.15, -0.1) is 11.8 Å². The molecule has 2 aromatic carbocycles. The summed E-state index contributed by atoms with van der Waals surface area (Å²) in [6, 6.07) is 8.87. The van der Waals surface area contributed by atoms with Crippen molar-refractivity contribution in [2.24, 2.45) is 0 Å². The summed E-state index contributed by atoms with van der Waals surface area (Å²) in [5, 5.41) is 14.6. The van der Waals surface area contributed by atoms with Crippen molar-refractivity contribution in [1.29, 1.82) is 5.26 Å². The highest BCUT2D eigenvalue weighted by Gasteiger charge is 2.47. The Hall–Kier alpha value is -5.26. The minimum absolute atomic E-state index is 0.143. The Morgan fingerprint density at radius 1 is 1.07 bits per heavy atom. The number of morpholine rings is 1. The van der Waals surface area contributed by atoms with Crippen molar-refractivity contribution < 1.29 is 56.0 Å². The van der Waals surface area contributed by atoms with Crippen LogP contribution in [0.2, 0.25) is 0 Å². The maximum absolute atomic E-state index is 15.7. The molecule has 1 aromatic heterocycles. The summed E-state index contributed by atoms with van der Waals surface area (Å²) < 4.78 is 78.3. The van der Waals surface area contributed by atoms with E-state index < -0.39 is 53.5 Å². The highest BCUT2D eigenvalue weighted by molar-refractivity contribution is 8.00. The Morgan fingerprint density at radius 2 is 1.86 bits per heavy atom. The third-order valence-electron chi connectivity index (χ3n) is 9.05. The SMILES string of the molecule is C[C@@H](SC1COC(/C=C/C=C/c2ccc(C#N)cc2F)OC1)[C@@](Cn1cncn1)(OC(=O)OCOC(=O)CCC(=O)NCCN1CCOCC1)c1ccc(F)cc1F. The molecule has 15 nitrogen and oxygen atoms in total. The van der Waals surface area contributed by atoms with E-state index in [1.54, 1.807) is 25.2 Å². The first-order chi connectivity index (χ1) is 28.0. The minimum Gasteiger partial charge on any atom is -0.428 e. The van der Waals surface area contributed by atoms with Crippen molar-refractivity contribution in [2.75, 3.05) is 59.4 Å². The maximum Gasteiger partial charge on any atom is 0.512 e. The van der Waals surface area contributed by atoms with E-state index in [-0.39, 0.29) is 54.9 Å². The predicted octanol–water partition coefficient (Wildman–Crippen LogP) is 4.48. The first-order valence-corrected chi connectivity index (χ1v) is 19.3. The van der Waals surface area contributed by atoms with Crippen LogP contribution in [0.15, 0.2) is 67.3 Å². The van der Waals surface area contributed by atoms with E-state index in [9.17, 15) is 23.2 Å². The second-order valence-corrected chi connectivity index (χ2v) is 14.7. The molecule has 5 rings (SSSR count). The number of aromatic nitrogens is 3. The van der Waals surface area contributed by atoms with Gasteiger partial charge in [-0.05, 0) is 37.3 Å². The molecule has 0 unspecified atom stereocenters. The molecular weight excluding hydrogens is 786 g/mol. The zero-order valence-corrected chi connectivity index (χ0v) is 32.4. The Bertz CT molecular complexity index is 1940. The van der Waals surface area contributed by atoms with Crippen molar-refractivity contribution in [2.45, 2.75) is 48.7 Å². The molecule has 19 heteroatoms. The number of rotatable bonds is 18. The van der Waals surface area contributed by atoms with Crippen LogP contribution in [0.25, 0.3) is 6.08 Å². The van der Waals surface area contributed by atoms with Crippen LogP contribution in [-0.4, -0.2) is 114 Å². The number of nitriles is 1. The molecule has 3 aromatic rings. The topological polar surface area (TPSA) is 176 Å². The van der Waals surface area contributed by atoms with Crippen molar-refractivity contribution >= 4 is 35.9 Å². The summed E-state index contributed by atoms with van der Waals surface area (Å²) in [7, 11) is 0. The fourth-order valence-corrected chi connectivity index (χ4v) is 7.36. The molecule has 2 atom stereocenters. The molecule has 0 bridgehead atoms. The van der Waals surface area contributed by atoms with Crippen molar-refractivity contribution in [3.05, 3.63) is 101 Å². The summed E-state index contributed by atoms with van der Waals surface area (Å²) in [6.45, 7) is 4.74. The van der Waals surface area contributed by atoms with Crippen LogP contribution in [0.1, 0.15) is 36.5 Å². The number of amides is 1. The van der Waals surface area contributed by atoms with Gasteiger partial charge in [0.15, 0.2) is 11.9 Å². The molecule has 1 amide bonds. The zero-order valence-electron chi connectivity index (χ0n) is 31.6. The fraction of sp³-hybridized carbons (Fsp3) is 0.436. The molecular formula is C39H43F3N6O9S. The number of carbonyl (C=O) groups excluding carboxylic acids is 3. The Kier molecular flexibility index (Phi) is 16.7. The van der Waals surface area contributed by atoms with E-state index in [1.807, 2.05) is 6.07 Å². The monoisotopic (exact) mass is 828 g/mol. The van der Waals surface area contributed by atoms with Crippen molar-refractivity contribution in [1.82, 2.24) is 25.0 Å². The van der Waals surface area contributed by atoms with E-state index in [4.69, 9.17) is 33.7 Å². The van der Waals surface area contributed by atoms with Crippen LogP contribution in [0.3, 0.4) is 0 Å². The number of esters is 1. The Balaban J connectivity index is 1.18. The van der Waals surface area contributed by atoms with E-state index >= 15 is 4.39 Å². The van der Waals surface area contributed by atoms with Crippen LogP contribution in [-0.2, 0) is 50.2 Å². The first kappa shape index (κ1) is 43.9. The van der Waals surface area contributed by atoms with Gasteiger partial charge in [-0.25, -0.2) is 27.6 Å². The number of carbonyl (C=O) groups is 3. The summed E-state index contributed by atoms with van der Waals surface area (Å²) >= 11 is 1.24. The predicted molar refractivity (Wildman–Crippen MR) is 202 cm³/mol. The number of allylic oxidation sites excluding steroid dienone is 2. The lowest BCUT2D eigenvalue weighted by atomic mass is 9.89. The molecule has 2 aliphatic heterocycles. The number of benzene rings is 2. The third kappa shape index (κ3) is 13.1. The quantitative estimate of drug-likeness (QED) is 0.108. The molecule has 0 saturated carbocycles. The summed E-state index contributed by atoms with van der Waals surface area (Å²) in [5.41, 5.74) is -1.59. The zero-order chi connectivity index (χ0) is 41.3. The maximum atomic E-state index is 15.7. The number of nitrogens with zero attached hydrogens (tertiary/aromatic N) is 5. The van der Waals surface area contributed by atoms with Crippen LogP contribution >= 0.6 is 11.8 Å². The minimum atomic E-state index is -1.90. The van der Waals surface area contributed by atoms with Gasteiger partial charge in [0.25, 0.3) is 0 Å². The first-order valence-electron chi connectivity index (χ1n) is 18.3. The standard InChI is InChI=1S/C39H43F3N6O9S/c1-27(58-31-21-53-37(54-22-31)5-3-2-4-29-7-6-28(20-43)18-33(29)41)39(23-48-25-44-24-46-48,32-9-8-30(40)19-34(32)42)57-38(51)56-26-55-36(50)11-10-35(49)45-12-13-47-14-16-52-17-15-47/h2-9,18-19,24-25,27,31,37H,10-17,21-23,26H2,1H3,(H,45,49)/b4-2+,5-3+/t27-,31?,37?,39-/m1/s1. The molecule has 2 fully saturated rings. The molecule has 310 valence electrons. The largest absolute Gasteiger partial charge is 0.512 e. The second kappa shape index (κ2) is 22.0. The second-order valence-electron chi connectivity index (χ2n) is 13.1. The van der Waals surface area contributed by atoms with Crippen LogP contribution < -0.4 is 5.32 Å². The highest BCUT2D eigenvalue weighted by atomic mass is 32.2. The van der Waals surface area contributed by atoms with Crippen molar-refractivity contribution in [3.63, 3.8) is 0 Å². The number of ether oxygens (including phenoxy) is 6. The van der Waals surface area contributed by atoms with Crippen molar-refractivity contribution in [3.8, 4) is 6.07 Å². The third-order valence-corrected chi connectivity index (χ3v) is 10.5. The lowest BCUT2D eigenvalue weighted by Gasteiger charge is -2.40. The van der Waals surface area contributed by atoms with Gasteiger partial charge < -0.3 is 33.7 Å². The number of halogens is 3. The Labute approximate surface area is 337 Å². The summed E-state index contributed by atoms with van der Waals surface area (Å²) in [5.74, 6) is -3.55. The molecule has 0 radical (unpaired) electrons. The van der Waals surface area contributed by atoms with Gasteiger partial charge in [0.05, 0.1) is 56.3 Å². The molecule has 3 heterocycles. The number of hydrogen-bond acceptors (Lipinski definition) is 14. The lowest BCUT2D eigenvalue weighted by molar-refractivity contribution is -0.156. The normalized spacial score (nSPS) is 18.9. The van der Waals surface area contributed by atoms with Crippen LogP contribution in [0.4, 0.5) is 18.0 Å². The Morgan fingerprint density at radius 3 is 2.57 bits per heavy atom. The van der Waals surface area contributed by atoms with E-state index in [1.165, 1.54) is 47.3 Å².